The monoisotopic (exact) mass is 390 g/mol. The molecule has 0 saturated carbocycles. The summed E-state index contributed by atoms with van der Waals surface area (Å²) in [6.45, 7) is 0.711. The van der Waals surface area contributed by atoms with Gasteiger partial charge in [-0.3, -0.25) is 9.69 Å². The highest BCUT2D eigenvalue weighted by Crippen LogP contribution is 2.27. The van der Waals surface area contributed by atoms with Gasteiger partial charge in [-0.25, -0.2) is 9.79 Å². The first-order valence-electron chi connectivity index (χ1n) is 9.72. The molecule has 0 bridgehead atoms. The van der Waals surface area contributed by atoms with Crippen LogP contribution in [-0.2, 0) is 4.79 Å². The zero-order valence-electron chi connectivity index (χ0n) is 16.3. The Bertz CT molecular complexity index is 992. The van der Waals surface area contributed by atoms with Gasteiger partial charge in [-0.2, -0.15) is 0 Å². The molecule has 0 radical (unpaired) electrons. The van der Waals surface area contributed by atoms with Gasteiger partial charge in [0.05, 0.1) is 12.7 Å². The Kier molecular flexibility index (Phi) is 5.42. The van der Waals surface area contributed by atoms with Gasteiger partial charge in [0, 0.05) is 18.5 Å². The van der Waals surface area contributed by atoms with Crippen LogP contribution in [0.5, 0.6) is 11.5 Å². The molecule has 2 heterocycles. The van der Waals surface area contributed by atoms with Crippen LogP contribution in [0.25, 0.3) is 6.08 Å². The van der Waals surface area contributed by atoms with Gasteiger partial charge in [0.1, 0.15) is 23.0 Å². The van der Waals surface area contributed by atoms with E-state index in [1.54, 1.807) is 60.6 Å². The van der Waals surface area contributed by atoms with E-state index in [-0.39, 0.29) is 5.91 Å². The normalized spacial score (nSPS) is 17.6. The minimum Gasteiger partial charge on any atom is -0.497 e. The number of methoxy groups -OCH3 is 1. The molecule has 29 heavy (non-hydrogen) atoms. The summed E-state index contributed by atoms with van der Waals surface area (Å²) in [6, 6.07) is 13.8. The van der Waals surface area contributed by atoms with Crippen LogP contribution < -0.4 is 9.47 Å². The summed E-state index contributed by atoms with van der Waals surface area (Å²) in [6.07, 6.45) is 5.67. The second-order valence-corrected chi connectivity index (χ2v) is 6.98. The van der Waals surface area contributed by atoms with Crippen molar-refractivity contribution >= 4 is 23.8 Å². The molecule has 1 amide bonds. The summed E-state index contributed by atoms with van der Waals surface area (Å²) in [5.41, 5.74) is 1.44. The number of benzene rings is 2. The van der Waals surface area contributed by atoms with Crippen molar-refractivity contribution in [3.8, 4) is 11.5 Å². The maximum Gasteiger partial charge on any atom is 0.343 e. The van der Waals surface area contributed by atoms with Crippen LogP contribution in [0, 0.1) is 0 Å². The highest BCUT2D eigenvalue weighted by Gasteiger charge is 2.30. The van der Waals surface area contributed by atoms with Crippen molar-refractivity contribution in [1.82, 2.24) is 4.90 Å². The lowest BCUT2D eigenvalue weighted by atomic mass is 10.1. The second kappa shape index (κ2) is 8.31. The fourth-order valence-corrected chi connectivity index (χ4v) is 3.47. The fourth-order valence-electron chi connectivity index (χ4n) is 3.47. The van der Waals surface area contributed by atoms with Gasteiger partial charge in [-0.1, -0.05) is 24.6 Å². The number of rotatable bonds is 4. The minimum atomic E-state index is -0.475. The first-order chi connectivity index (χ1) is 14.2. The predicted octanol–water partition coefficient (Wildman–Crippen LogP) is 4.07. The molecule has 2 aliphatic heterocycles. The van der Waals surface area contributed by atoms with Gasteiger partial charge in [0.15, 0.2) is 0 Å². The number of hydrogen-bond donors (Lipinski definition) is 0. The number of nitrogens with zero attached hydrogens (tertiary/aromatic N) is 2. The lowest BCUT2D eigenvalue weighted by Crippen LogP contribution is -2.31. The fraction of sp³-hybridized carbons (Fsp3) is 0.261. The standard InChI is InChI=1S/C23H22N2O4/c1-28-18-12-10-16(11-13-18)23(27)29-20-8-5-4-7-17(20)15-19-22(26)25-14-6-2-3-9-21(25)24-19/h4-5,7-8,10-13,15H,2-3,6,9,14H2,1H3/b19-15+. The van der Waals surface area contributed by atoms with E-state index in [0.29, 0.717) is 34.9 Å². The van der Waals surface area contributed by atoms with Gasteiger partial charge >= 0.3 is 5.97 Å². The van der Waals surface area contributed by atoms with Crippen molar-refractivity contribution < 1.29 is 19.1 Å². The summed E-state index contributed by atoms with van der Waals surface area (Å²) in [4.78, 5) is 31.6. The number of ether oxygens (including phenoxy) is 2. The lowest BCUT2D eigenvalue weighted by molar-refractivity contribution is -0.122. The molecule has 0 spiro atoms. The number of carbonyl (C=O) groups excluding carboxylic acids is 2. The average Bonchev–Trinajstić information content (AvgIpc) is 2.91. The van der Waals surface area contributed by atoms with Crippen LogP contribution in [0.1, 0.15) is 41.6 Å². The Morgan fingerprint density at radius 2 is 1.86 bits per heavy atom. The van der Waals surface area contributed by atoms with E-state index in [2.05, 4.69) is 4.99 Å². The molecule has 148 valence electrons. The van der Waals surface area contributed by atoms with E-state index in [4.69, 9.17) is 9.47 Å². The van der Waals surface area contributed by atoms with E-state index in [0.717, 1.165) is 31.5 Å². The second-order valence-electron chi connectivity index (χ2n) is 6.98. The summed E-state index contributed by atoms with van der Waals surface area (Å²) in [5.74, 6) is 1.33. The minimum absolute atomic E-state index is 0.0850. The van der Waals surface area contributed by atoms with Crippen molar-refractivity contribution in [3.05, 3.63) is 65.4 Å². The number of esters is 1. The van der Waals surface area contributed by atoms with Crippen molar-refractivity contribution in [1.29, 1.82) is 0 Å². The van der Waals surface area contributed by atoms with Crippen LogP contribution in [0.3, 0.4) is 0 Å². The molecule has 4 rings (SSSR count). The van der Waals surface area contributed by atoms with E-state index < -0.39 is 5.97 Å². The Hall–Kier alpha value is -3.41. The third kappa shape index (κ3) is 4.06. The first-order valence-corrected chi connectivity index (χ1v) is 9.72. The molecule has 1 saturated heterocycles. The largest absolute Gasteiger partial charge is 0.497 e. The van der Waals surface area contributed by atoms with Crippen LogP contribution in [-0.4, -0.2) is 36.3 Å². The molecule has 0 unspecified atom stereocenters. The maximum atomic E-state index is 12.7. The molecule has 0 N–H and O–H groups in total. The molecule has 1 fully saturated rings. The molecule has 0 aliphatic carbocycles. The number of aliphatic imine (C=N–C) groups is 1. The van der Waals surface area contributed by atoms with Crippen LogP contribution >= 0.6 is 0 Å². The van der Waals surface area contributed by atoms with E-state index in [1.165, 1.54) is 0 Å². The molecular weight excluding hydrogens is 368 g/mol. The van der Waals surface area contributed by atoms with Crippen molar-refractivity contribution in [2.75, 3.05) is 13.7 Å². The van der Waals surface area contributed by atoms with Gasteiger partial charge in [-0.05, 0) is 49.2 Å². The van der Waals surface area contributed by atoms with Crippen molar-refractivity contribution in [3.63, 3.8) is 0 Å². The van der Waals surface area contributed by atoms with Crippen molar-refractivity contribution in [2.45, 2.75) is 25.7 Å². The zero-order valence-corrected chi connectivity index (χ0v) is 16.3. The van der Waals surface area contributed by atoms with Gasteiger partial charge in [0.25, 0.3) is 5.91 Å². The topological polar surface area (TPSA) is 68.2 Å². The van der Waals surface area contributed by atoms with E-state index in [9.17, 15) is 9.59 Å². The first kappa shape index (κ1) is 18.9. The third-order valence-electron chi connectivity index (χ3n) is 5.05. The molecule has 2 aromatic rings. The number of amides is 1. The molecule has 2 aromatic carbocycles. The van der Waals surface area contributed by atoms with Crippen LogP contribution in [0.4, 0.5) is 0 Å². The number of hydrogen-bond acceptors (Lipinski definition) is 5. The summed E-state index contributed by atoms with van der Waals surface area (Å²) in [7, 11) is 1.57. The Morgan fingerprint density at radius 1 is 1.07 bits per heavy atom. The Balaban J connectivity index is 1.58. The number of amidine groups is 1. The molecule has 6 heteroatoms. The number of carbonyl (C=O) groups is 2. The third-order valence-corrected chi connectivity index (χ3v) is 5.05. The summed E-state index contributed by atoms with van der Waals surface area (Å²) in [5, 5.41) is 0. The molecule has 0 atom stereocenters. The highest BCUT2D eigenvalue weighted by atomic mass is 16.5. The molecule has 6 nitrogen and oxygen atoms in total. The van der Waals surface area contributed by atoms with E-state index >= 15 is 0 Å². The van der Waals surface area contributed by atoms with Crippen molar-refractivity contribution in [2.24, 2.45) is 4.99 Å². The highest BCUT2D eigenvalue weighted by molar-refractivity contribution is 6.14. The Morgan fingerprint density at radius 3 is 2.66 bits per heavy atom. The smallest absolute Gasteiger partial charge is 0.343 e. The summed E-state index contributed by atoms with van der Waals surface area (Å²) >= 11 is 0. The average molecular weight is 390 g/mol. The van der Waals surface area contributed by atoms with E-state index in [1.807, 2.05) is 6.07 Å². The SMILES string of the molecule is COc1ccc(C(=O)Oc2ccccc2/C=C2/N=C3CCCCCN3C2=O)cc1. The zero-order chi connectivity index (χ0) is 20.2. The number of fused-ring (bicyclic) bond motifs is 1. The molecular formula is C23H22N2O4. The summed E-state index contributed by atoms with van der Waals surface area (Å²) < 4.78 is 10.7. The Labute approximate surface area is 169 Å². The quantitative estimate of drug-likeness (QED) is 0.448. The van der Waals surface area contributed by atoms with Gasteiger partial charge in [-0.15, -0.1) is 0 Å². The molecule has 0 aromatic heterocycles. The van der Waals surface area contributed by atoms with Gasteiger partial charge in [0.2, 0.25) is 0 Å². The van der Waals surface area contributed by atoms with Gasteiger partial charge < -0.3 is 9.47 Å². The van der Waals surface area contributed by atoms with Crippen LogP contribution in [0.2, 0.25) is 0 Å². The number of para-hydroxylation sites is 1. The van der Waals surface area contributed by atoms with Crippen LogP contribution in [0.15, 0.2) is 59.2 Å². The maximum absolute atomic E-state index is 12.7. The molecule has 2 aliphatic rings. The predicted molar refractivity (Wildman–Crippen MR) is 110 cm³/mol. The lowest BCUT2D eigenvalue weighted by Gasteiger charge is -2.14.